The third kappa shape index (κ3) is 4.35. The van der Waals surface area contributed by atoms with Gasteiger partial charge in [-0.25, -0.2) is 5.43 Å². The number of nitrogens with zero attached hydrogens (tertiary/aromatic N) is 1. The molecule has 3 N–H and O–H groups in total. The van der Waals surface area contributed by atoms with Gasteiger partial charge in [0.2, 0.25) is 5.91 Å². The number of hydrazone groups is 1. The Hall–Kier alpha value is -2.82. The molecule has 0 saturated carbocycles. The van der Waals surface area contributed by atoms with Crippen molar-refractivity contribution in [1.29, 1.82) is 0 Å². The third-order valence-corrected chi connectivity index (χ3v) is 2.88. The molecule has 0 bridgehead atoms. The number of carbonyl (C=O) groups excluding carboxylic acids is 1. The summed E-state index contributed by atoms with van der Waals surface area (Å²) in [5, 5.41) is 3.93. The molecule has 0 aliphatic heterocycles. The van der Waals surface area contributed by atoms with E-state index >= 15 is 0 Å². The van der Waals surface area contributed by atoms with Gasteiger partial charge in [-0.15, -0.1) is 0 Å². The van der Waals surface area contributed by atoms with Crippen LogP contribution in [0.15, 0.2) is 53.6 Å². The van der Waals surface area contributed by atoms with Gasteiger partial charge in [0, 0.05) is 11.3 Å². The van der Waals surface area contributed by atoms with Gasteiger partial charge in [0.25, 0.3) is 0 Å². The number of amides is 1. The van der Waals surface area contributed by atoms with E-state index in [1.807, 2.05) is 36.4 Å². The molecule has 0 heterocycles. The number of para-hydroxylation sites is 1. The minimum atomic E-state index is -0.189. The molecule has 5 nitrogen and oxygen atoms in total. The number of nitrogens with one attached hydrogen (secondary N) is 1. The summed E-state index contributed by atoms with van der Waals surface area (Å²) in [4.78, 5) is 11.8. The maximum atomic E-state index is 11.8. The summed E-state index contributed by atoms with van der Waals surface area (Å²) in [6.07, 6.45) is 1.81. The fraction of sp³-hybridized carbons (Fsp3) is 0.125. The summed E-state index contributed by atoms with van der Waals surface area (Å²) < 4.78 is 5.19. The second-order valence-corrected chi connectivity index (χ2v) is 4.45. The molecule has 0 saturated heterocycles. The van der Waals surface area contributed by atoms with E-state index in [-0.39, 0.29) is 12.3 Å². The molecule has 2 aromatic carbocycles. The molecule has 0 unspecified atom stereocenters. The van der Waals surface area contributed by atoms with Crippen molar-refractivity contribution in [2.75, 3.05) is 12.8 Å². The molecule has 0 atom stereocenters. The molecule has 0 fully saturated rings. The van der Waals surface area contributed by atoms with Crippen LogP contribution in [0.3, 0.4) is 0 Å². The Morgan fingerprint density at radius 2 is 1.95 bits per heavy atom. The van der Waals surface area contributed by atoms with Crippen molar-refractivity contribution in [2.45, 2.75) is 6.42 Å². The SMILES string of the molecule is COc1ccccc1/C=N\NC(=O)Cc1ccc(N)cc1. The average Bonchev–Trinajstić information content (AvgIpc) is 2.50. The van der Waals surface area contributed by atoms with Crippen LogP contribution >= 0.6 is 0 Å². The van der Waals surface area contributed by atoms with Crippen LogP contribution in [0.5, 0.6) is 5.75 Å². The summed E-state index contributed by atoms with van der Waals surface area (Å²) in [7, 11) is 1.59. The molecule has 5 heteroatoms. The zero-order valence-corrected chi connectivity index (χ0v) is 11.7. The minimum absolute atomic E-state index is 0.189. The molecule has 0 aliphatic rings. The highest BCUT2D eigenvalue weighted by atomic mass is 16.5. The van der Waals surface area contributed by atoms with Crippen molar-refractivity contribution in [2.24, 2.45) is 5.10 Å². The number of hydrogen-bond donors (Lipinski definition) is 2. The number of carbonyl (C=O) groups is 1. The van der Waals surface area contributed by atoms with E-state index in [0.717, 1.165) is 11.1 Å². The van der Waals surface area contributed by atoms with Gasteiger partial charge >= 0.3 is 0 Å². The number of nitrogens with two attached hydrogens (primary N) is 1. The second-order valence-electron chi connectivity index (χ2n) is 4.45. The summed E-state index contributed by atoms with van der Waals surface area (Å²) >= 11 is 0. The molecule has 21 heavy (non-hydrogen) atoms. The maximum Gasteiger partial charge on any atom is 0.244 e. The van der Waals surface area contributed by atoms with Crippen LogP contribution < -0.4 is 15.9 Å². The molecule has 0 spiro atoms. The Morgan fingerprint density at radius 1 is 1.24 bits per heavy atom. The molecule has 108 valence electrons. The average molecular weight is 283 g/mol. The van der Waals surface area contributed by atoms with Crippen molar-refractivity contribution in [3.05, 3.63) is 59.7 Å². The third-order valence-electron chi connectivity index (χ3n) is 2.88. The van der Waals surface area contributed by atoms with E-state index < -0.39 is 0 Å². The standard InChI is InChI=1S/C16H17N3O2/c1-21-15-5-3-2-4-13(15)11-18-19-16(20)10-12-6-8-14(17)9-7-12/h2-9,11H,10,17H2,1H3,(H,19,20)/b18-11-. The zero-order chi connectivity index (χ0) is 15.1. The Morgan fingerprint density at radius 3 is 2.67 bits per heavy atom. The molecule has 2 aromatic rings. The first kappa shape index (κ1) is 14.6. The van der Waals surface area contributed by atoms with E-state index in [0.29, 0.717) is 11.4 Å². The maximum absolute atomic E-state index is 11.8. The van der Waals surface area contributed by atoms with E-state index in [9.17, 15) is 4.79 Å². The Balaban J connectivity index is 1.91. The molecule has 0 aromatic heterocycles. The molecular weight excluding hydrogens is 266 g/mol. The van der Waals surface area contributed by atoms with Crippen LogP contribution in [-0.2, 0) is 11.2 Å². The quantitative estimate of drug-likeness (QED) is 0.500. The van der Waals surface area contributed by atoms with E-state index in [1.54, 1.807) is 25.5 Å². The van der Waals surface area contributed by atoms with Crippen molar-refractivity contribution >= 4 is 17.8 Å². The van der Waals surface area contributed by atoms with Crippen LogP contribution in [0.25, 0.3) is 0 Å². The first-order chi connectivity index (χ1) is 10.2. The molecule has 2 rings (SSSR count). The first-order valence-electron chi connectivity index (χ1n) is 6.48. The number of hydrogen-bond acceptors (Lipinski definition) is 4. The second kappa shape index (κ2) is 7.09. The summed E-state index contributed by atoms with van der Waals surface area (Å²) in [6, 6.07) is 14.6. The smallest absolute Gasteiger partial charge is 0.244 e. The van der Waals surface area contributed by atoms with Crippen LogP contribution in [0, 0.1) is 0 Å². The number of benzene rings is 2. The number of rotatable bonds is 5. The van der Waals surface area contributed by atoms with Gasteiger partial charge in [-0.2, -0.15) is 5.10 Å². The summed E-state index contributed by atoms with van der Waals surface area (Å²) in [5.74, 6) is 0.514. The number of anilines is 1. The zero-order valence-electron chi connectivity index (χ0n) is 11.7. The molecule has 0 aliphatic carbocycles. The fourth-order valence-corrected chi connectivity index (χ4v) is 1.81. The lowest BCUT2D eigenvalue weighted by Crippen LogP contribution is -2.19. The topological polar surface area (TPSA) is 76.7 Å². The van der Waals surface area contributed by atoms with E-state index in [4.69, 9.17) is 10.5 Å². The minimum Gasteiger partial charge on any atom is -0.496 e. The lowest BCUT2D eigenvalue weighted by Gasteiger charge is -2.03. The van der Waals surface area contributed by atoms with Gasteiger partial charge in [0.05, 0.1) is 19.7 Å². The van der Waals surface area contributed by atoms with Gasteiger partial charge in [-0.05, 0) is 29.8 Å². The van der Waals surface area contributed by atoms with Crippen LogP contribution in [0.4, 0.5) is 5.69 Å². The van der Waals surface area contributed by atoms with E-state index in [1.165, 1.54) is 0 Å². The normalized spacial score (nSPS) is 10.5. The monoisotopic (exact) mass is 283 g/mol. The summed E-state index contributed by atoms with van der Waals surface area (Å²) in [6.45, 7) is 0. The van der Waals surface area contributed by atoms with Crippen molar-refractivity contribution in [3.63, 3.8) is 0 Å². The lowest BCUT2D eigenvalue weighted by molar-refractivity contribution is -0.120. The number of nitrogen functional groups attached to an aromatic ring is 1. The largest absolute Gasteiger partial charge is 0.496 e. The summed E-state index contributed by atoms with van der Waals surface area (Å²) in [5.41, 5.74) is 10.4. The highest BCUT2D eigenvalue weighted by molar-refractivity contribution is 5.85. The Bertz CT molecular complexity index is 636. The Labute approximate surface area is 123 Å². The van der Waals surface area contributed by atoms with Crippen molar-refractivity contribution in [3.8, 4) is 5.75 Å². The van der Waals surface area contributed by atoms with Crippen LogP contribution in [0.2, 0.25) is 0 Å². The van der Waals surface area contributed by atoms with Gasteiger partial charge in [-0.3, -0.25) is 4.79 Å². The Kier molecular flexibility index (Phi) is 4.93. The molecular formula is C16H17N3O2. The van der Waals surface area contributed by atoms with Gasteiger partial charge in [0.15, 0.2) is 0 Å². The van der Waals surface area contributed by atoms with Gasteiger partial charge < -0.3 is 10.5 Å². The van der Waals surface area contributed by atoms with Crippen molar-refractivity contribution in [1.82, 2.24) is 5.43 Å². The van der Waals surface area contributed by atoms with Gasteiger partial charge in [-0.1, -0.05) is 24.3 Å². The van der Waals surface area contributed by atoms with Crippen LogP contribution in [-0.4, -0.2) is 19.2 Å². The highest BCUT2D eigenvalue weighted by Gasteiger charge is 2.02. The fourth-order valence-electron chi connectivity index (χ4n) is 1.81. The van der Waals surface area contributed by atoms with E-state index in [2.05, 4.69) is 10.5 Å². The predicted octanol–water partition coefficient (Wildman–Crippen LogP) is 1.97. The van der Waals surface area contributed by atoms with Crippen LogP contribution in [0.1, 0.15) is 11.1 Å². The predicted molar refractivity (Wildman–Crippen MR) is 83.3 cm³/mol. The molecule has 1 amide bonds. The van der Waals surface area contributed by atoms with Crippen molar-refractivity contribution < 1.29 is 9.53 Å². The molecule has 0 radical (unpaired) electrons. The number of ether oxygens (including phenoxy) is 1. The lowest BCUT2D eigenvalue weighted by atomic mass is 10.1. The van der Waals surface area contributed by atoms with Gasteiger partial charge in [0.1, 0.15) is 5.75 Å². The first-order valence-corrected chi connectivity index (χ1v) is 6.48. The highest BCUT2D eigenvalue weighted by Crippen LogP contribution is 2.14. The number of methoxy groups -OCH3 is 1.